The number of hydrazone groups is 1. The summed E-state index contributed by atoms with van der Waals surface area (Å²) < 4.78 is 9.96. The lowest BCUT2D eigenvalue weighted by Gasteiger charge is -2.23. The van der Waals surface area contributed by atoms with E-state index in [0.29, 0.717) is 18.4 Å². The van der Waals surface area contributed by atoms with Crippen LogP contribution in [0.15, 0.2) is 5.10 Å². The van der Waals surface area contributed by atoms with Gasteiger partial charge in [0.05, 0.1) is 19.8 Å². The average Bonchev–Trinajstić information content (AvgIpc) is 2.87. The molecule has 3 atom stereocenters. The Morgan fingerprint density at radius 2 is 2.25 bits per heavy atom. The molecule has 1 saturated heterocycles. The van der Waals surface area contributed by atoms with Crippen LogP contribution >= 0.6 is 0 Å². The van der Waals surface area contributed by atoms with E-state index < -0.39 is 0 Å². The van der Waals surface area contributed by atoms with E-state index in [2.05, 4.69) is 24.0 Å². The van der Waals surface area contributed by atoms with Crippen molar-refractivity contribution < 1.29 is 14.3 Å². The topological polar surface area (TPSA) is 51.1 Å². The molecule has 20 heavy (non-hydrogen) atoms. The second kappa shape index (κ2) is 8.95. The van der Waals surface area contributed by atoms with Crippen molar-refractivity contribution in [2.75, 3.05) is 27.4 Å². The molecule has 0 unspecified atom stereocenters. The fraction of sp³-hybridized carbons (Fsp3) is 0.867. The highest BCUT2D eigenvalue weighted by molar-refractivity contribution is 5.70. The Morgan fingerprint density at radius 1 is 1.50 bits per heavy atom. The molecule has 0 spiro atoms. The van der Waals surface area contributed by atoms with Gasteiger partial charge in [0.15, 0.2) is 0 Å². The first-order valence-corrected chi connectivity index (χ1v) is 7.48. The third kappa shape index (κ3) is 5.12. The highest BCUT2D eigenvalue weighted by Gasteiger charge is 2.23. The van der Waals surface area contributed by atoms with E-state index in [9.17, 15) is 4.79 Å². The van der Waals surface area contributed by atoms with Crippen molar-refractivity contribution in [2.45, 2.75) is 45.6 Å². The molecule has 5 nitrogen and oxygen atoms in total. The number of carbonyl (C=O) groups is 1. The number of methoxy groups -OCH3 is 2. The van der Waals surface area contributed by atoms with E-state index in [1.165, 1.54) is 13.5 Å². The minimum atomic E-state index is -0.150. The molecule has 1 rings (SSSR count). The van der Waals surface area contributed by atoms with Gasteiger partial charge in [0.25, 0.3) is 0 Å². The zero-order valence-electron chi connectivity index (χ0n) is 13.2. The molecule has 0 N–H and O–H groups in total. The van der Waals surface area contributed by atoms with E-state index in [1.807, 2.05) is 6.21 Å². The summed E-state index contributed by atoms with van der Waals surface area (Å²) in [6, 6.07) is 0.393. The predicted molar refractivity (Wildman–Crippen MR) is 79.7 cm³/mol. The van der Waals surface area contributed by atoms with Crippen LogP contribution in [0.4, 0.5) is 0 Å². The lowest BCUT2D eigenvalue weighted by atomic mass is 9.90. The smallest absolute Gasteiger partial charge is 0.305 e. The van der Waals surface area contributed by atoms with E-state index in [1.54, 1.807) is 7.11 Å². The molecule has 0 aromatic heterocycles. The quantitative estimate of drug-likeness (QED) is 0.507. The number of hydrogen-bond donors (Lipinski definition) is 0. The number of nitrogens with zero attached hydrogens (tertiary/aromatic N) is 2. The Bertz CT molecular complexity index is 320. The minimum Gasteiger partial charge on any atom is -0.469 e. The Hall–Kier alpha value is -1.10. The van der Waals surface area contributed by atoms with E-state index in [-0.39, 0.29) is 11.9 Å². The molecule has 1 aliphatic rings. The Morgan fingerprint density at radius 3 is 2.85 bits per heavy atom. The SMILES string of the molecule is CC[C@H](/C=N/N1CCC[C@H]1COC)[C@@H](C)CC(=O)OC. The van der Waals surface area contributed by atoms with Gasteiger partial charge in [0.1, 0.15) is 0 Å². The van der Waals surface area contributed by atoms with E-state index in [0.717, 1.165) is 26.0 Å². The van der Waals surface area contributed by atoms with Gasteiger partial charge in [-0.3, -0.25) is 9.80 Å². The molecule has 0 aromatic carbocycles. The molecule has 0 aromatic rings. The molecule has 0 saturated carbocycles. The van der Waals surface area contributed by atoms with Gasteiger partial charge in [-0.25, -0.2) is 0 Å². The molecule has 1 aliphatic heterocycles. The molecule has 0 aliphatic carbocycles. The van der Waals surface area contributed by atoms with Crippen LogP contribution in [0.1, 0.15) is 39.5 Å². The molecule has 1 heterocycles. The van der Waals surface area contributed by atoms with Crippen LogP contribution in [0.2, 0.25) is 0 Å². The third-order valence-electron chi connectivity index (χ3n) is 4.03. The van der Waals surface area contributed by atoms with Crippen LogP contribution in [0.3, 0.4) is 0 Å². The number of hydrogen-bond acceptors (Lipinski definition) is 5. The molecular formula is C15H28N2O3. The van der Waals surface area contributed by atoms with E-state index >= 15 is 0 Å². The zero-order valence-corrected chi connectivity index (χ0v) is 13.2. The van der Waals surface area contributed by atoms with E-state index in [4.69, 9.17) is 9.47 Å². The predicted octanol–water partition coefficient (Wildman–Crippen LogP) is 2.31. The summed E-state index contributed by atoms with van der Waals surface area (Å²) in [5.41, 5.74) is 0. The van der Waals surface area contributed by atoms with Gasteiger partial charge in [0, 0.05) is 26.3 Å². The van der Waals surface area contributed by atoms with Gasteiger partial charge in [-0.1, -0.05) is 13.8 Å². The van der Waals surface area contributed by atoms with Crippen molar-refractivity contribution in [3.63, 3.8) is 0 Å². The maximum Gasteiger partial charge on any atom is 0.305 e. The van der Waals surface area contributed by atoms with Crippen LogP contribution < -0.4 is 0 Å². The second-order valence-corrected chi connectivity index (χ2v) is 5.51. The van der Waals surface area contributed by atoms with Gasteiger partial charge < -0.3 is 9.47 Å². The van der Waals surface area contributed by atoms with Gasteiger partial charge >= 0.3 is 5.97 Å². The Balaban J connectivity index is 2.53. The van der Waals surface area contributed by atoms with Crippen molar-refractivity contribution in [2.24, 2.45) is 16.9 Å². The minimum absolute atomic E-state index is 0.150. The summed E-state index contributed by atoms with van der Waals surface area (Å²) in [6.07, 6.45) is 5.73. The Labute approximate surface area is 122 Å². The lowest BCUT2D eigenvalue weighted by Crippen LogP contribution is -2.29. The van der Waals surface area contributed by atoms with Crippen LogP contribution in [-0.2, 0) is 14.3 Å². The fourth-order valence-electron chi connectivity index (χ4n) is 2.66. The van der Waals surface area contributed by atoms with Crippen molar-refractivity contribution >= 4 is 12.2 Å². The maximum atomic E-state index is 11.3. The number of rotatable bonds is 8. The average molecular weight is 284 g/mol. The van der Waals surface area contributed by atoms with Gasteiger partial charge in [-0.2, -0.15) is 5.10 Å². The fourth-order valence-corrected chi connectivity index (χ4v) is 2.66. The lowest BCUT2D eigenvalue weighted by molar-refractivity contribution is -0.141. The van der Waals surface area contributed by atoms with Gasteiger partial charge in [0.2, 0.25) is 0 Å². The number of esters is 1. The monoisotopic (exact) mass is 284 g/mol. The summed E-state index contributed by atoms with van der Waals surface area (Å²) in [6.45, 7) is 5.92. The number of ether oxygens (including phenoxy) is 2. The van der Waals surface area contributed by atoms with Crippen molar-refractivity contribution in [1.82, 2.24) is 5.01 Å². The molecule has 0 radical (unpaired) electrons. The molecule has 0 amide bonds. The van der Waals surface area contributed by atoms with Crippen molar-refractivity contribution in [1.29, 1.82) is 0 Å². The van der Waals surface area contributed by atoms with Crippen LogP contribution in [-0.4, -0.2) is 50.6 Å². The summed E-state index contributed by atoms with van der Waals surface area (Å²) >= 11 is 0. The molecule has 5 heteroatoms. The maximum absolute atomic E-state index is 11.3. The summed E-state index contributed by atoms with van der Waals surface area (Å²) in [5.74, 6) is 0.403. The normalized spacial score (nSPS) is 22.2. The highest BCUT2D eigenvalue weighted by Crippen LogP contribution is 2.21. The highest BCUT2D eigenvalue weighted by atomic mass is 16.5. The summed E-state index contributed by atoms with van der Waals surface area (Å²) in [7, 11) is 3.16. The van der Waals surface area contributed by atoms with Crippen LogP contribution in [0.5, 0.6) is 0 Å². The second-order valence-electron chi connectivity index (χ2n) is 5.51. The Kier molecular flexibility index (Phi) is 7.59. The van der Waals surface area contributed by atoms with Crippen LogP contribution in [0, 0.1) is 11.8 Å². The van der Waals surface area contributed by atoms with Crippen LogP contribution in [0.25, 0.3) is 0 Å². The molecule has 1 fully saturated rings. The summed E-state index contributed by atoms with van der Waals surface area (Å²) in [5, 5.41) is 6.75. The zero-order chi connectivity index (χ0) is 15.0. The molecular weight excluding hydrogens is 256 g/mol. The standard InChI is InChI=1S/C15H28N2O3/c1-5-13(12(2)9-15(18)20-4)10-16-17-8-6-7-14(17)11-19-3/h10,12-14H,5-9,11H2,1-4H3/b16-10+/t12-,13+,14-/m0/s1. The first kappa shape index (κ1) is 17.0. The van der Waals surface area contributed by atoms with Gasteiger partial charge in [-0.15, -0.1) is 0 Å². The summed E-state index contributed by atoms with van der Waals surface area (Å²) in [4.78, 5) is 11.3. The third-order valence-corrected chi connectivity index (χ3v) is 4.03. The molecule has 0 bridgehead atoms. The van der Waals surface area contributed by atoms with Crippen molar-refractivity contribution in [3.8, 4) is 0 Å². The molecule has 116 valence electrons. The van der Waals surface area contributed by atoms with Crippen molar-refractivity contribution in [3.05, 3.63) is 0 Å². The first-order chi connectivity index (χ1) is 9.62. The largest absolute Gasteiger partial charge is 0.469 e. The van der Waals surface area contributed by atoms with Gasteiger partial charge in [-0.05, 0) is 31.1 Å². The first-order valence-electron chi connectivity index (χ1n) is 7.48. The number of carbonyl (C=O) groups excluding carboxylic acids is 1.